The van der Waals surface area contributed by atoms with Gasteiger partial charge in [0.15, 0.2) is 0 Å². The Hall–Kier alpha value is -2.37. The van der Waals surface area contributed by atoms with Crippen molar-refractivity contribution in [3.63, 3.8) is 0 Å². The lowest BCUT2D eigenvalue weighted by atomic mass is 9.95. The first-order chi connectivity index (χ1) is 12.6. The number of nitrogens with two attached hydrogens (primary N) is 1. The van der Waals surface area contributed by atoms with Crippen molar-refractivity contribution < 1.29 is 9.59 Å². The van der Waals surface area contributed by atoms with Crippen LogP contribution in [0.15, 0.2) is 48.5 Å². The molecule has 2 atom stereocenters. The summed E-state index contributed by atoms with van der Waals surface area (Å²) >= 11 is 5.83. The van der Waals surface area contributed by atoms with E-state index in [9.17, 15) is 9.59 Å². The van der Waals surface area contributed by atoms with Crippen molar-refractivity contribution in [2.75, 3.05) is 17.2 Å². The molecule has 1 saturated carbocycles. The molecule has 0 bridgehead atoms. The van der Waals surface area contributed by atoms with Gasteiger partial charge in [-0.05, 0) is 73.8 Å². The molecule has 0 heterocycles. The van der Waals surface area contributed by atoms with Crippen LogP contribution in [0.3, 0.4) is 0 Å². The lowest BCUT2D eigenvalue weighted by Crippen LogP contribution is -2.29. The van der Waals surface area contributed by atoms with E-state index in [-0.39, 0.29) is 23.7 Å². The van der Waals surface area contributed by atoms with Crippen LogP contribution >= 0.6 is 11.6 Å². The molecule has 4 N–H and O–H groups in total. The van der Waals surface area contributed by atoms with E-state index in [1.54, 1.807) is 48.5 Å². The lowest BCUT2D eigenvalue weighted by molar-refractivity contribution is -0.120. The van der Waals surface area contributed by atoms with E-state index in [4.69, 9.17) is 17.3 Å². The number of anilines is 2. The molecule has 2 aromatic rings. The van der Waals surface area contributed by atoms with Crippen molar-refractivity contribution >= 4 is 34.8 Å². The van der Waals surface area contributed by atoms with E-state index in [2.05, 4.69) is 10.6 Å². The number of rotatable bonds is 5. The van der Waals surface area contributed by atoms with Crippen LogP contribution in [0.4, 0.5) is 11.4 Å². The molecule has 0 aliphatic heterocycles. The van der Waals surface area contributed by atoms with Crippen molar-refractivity contribution in [3.8, 4) is 0 Å². The second-order valence-electron chi connectivity index (χ2n) is 6.56. The first-order valence-electron chi connectivity index (χ1n) is 8.74. The van der Waals surface area contributed by atoms with Crippen LogP contribution in [0, 0.1) is 11.8 Å². The van der Waals surface area contributed by atoms with Gasteiger partial charge < -0.3 is 16.4 Å². The molecule has 2 aromatic carbocycles. The number of amides is 2. The zero-order valence-electron chi connectivity index (χ0n) is 14.4. The molecule has 2 amide bonds. The molecule has 0 aromatic heterocycles. The Kier molecular flexibility index (Phi) is 5.91. The molecule has 1 fully saturated rings. The van der Waals surface area contributed by atoms with Gasteiger partial charge in [0.25, 0.3) is 5.91 Å². The third-order valence-corrected chi connectivity index (χ3v) is 5.07. The van der Waals surface area contributed by atoms with E-state index in [0.29, 0.717) is 28.5 Å². The molecular weight excluding hydrogens is 350 g/mol. The van der Waals surface area contributed by atoms with Gasteiger partial charge in [-0.15, -0.1) is 0 Å². The minimum absolute atomic E-state index is 0.00992. The van der Waals surface area contributed by atoms with Crippen LogP contribution in [-0.4, -0.2) is 18.4 Å². The number of halogens is 1. The minimum Gasteiger partial charge on any atom is -0.330 e. The van der Waals surface area contributed by atoms with E-state index in [1.165, 1.54) is 0 Å². The molecule has 5 nitrogen and oxygen atoms in total. The van der Waals surface area contributed by atoms with E-state index in [1.807, 2.05) is 0 Å². The number of nitrogens with one attached hydrogen (secondary N) is 2. The van der Waals surface area contributed by atoms with Crippen LogP contribution in [0.1, 0.15) is 29.6 Å². The molecule has 0 unspecified atom stereocenters. The van der Waals surface area contributed by atoms with Gasteiger partial charge in [-0.3, -0.25) is 9.59 Å². The summed E-state index contributed by atoms with van der Waals surface area (Å²) in [5, 5.41) is 6.35. The Morgan fingerprint density at radius 2 is 1.58 bits per heavy atom. The third kappa shape index (κ3) is 4.42. The molecular formula is C20H22ClN3O2. The summed E-state index contributed by atoms with van der Waals surface area (Å²) < 4.78 is 0. The average molecular weight is 372 g/mol. The van der Waals surface area contributed by atoms with Crippen LogP contribution in [-0.2, 0) is 4.79 Å². The number of hydrogen-bond donors (Lipinski definition) is 3. The molecule has 1 aliphatic carbocycles. The van der Waals surface area contributed by atoms with Gasteiger partial charge >= 0.3 is 0 Å². The zero-order chi connectivity index (χ0) is 18.5. The van der Waals surface area contributed by atoms with Crippen LogP contribution in [0.5, 0.6) is 0 Å². The number of carbonyl (C=O) groups is 2. The summed E-state index contributed by atoms with van der Waals surface area (Å²) in [6, 6.07) is 13.8. The quantitative estimate of drug-likeness (QED) is 0.745. The Bertz CT molecular complexity index is 775. The smallest absolute Gasteiger partial charge is 0.255 e. The fourth-order valence-electron chi connectivity index (χ4n) is 3.34. The Morgan fingerprint density at radius 3 is 2.19 bits per heavy atom. The van der Waals surface area contributed by atoms with Crippen molar-refractivity contribution in [1.29, 1.82) is 0 Å². The van der Waals surface area contributed by atoms with Gasteiger partial charge in [0.1, 0.15) is 0 Å². The Labute approximate surface area is 157 Å². The fourth-order valence-corrected chi connectivity index (χ4v) is 3.47. The maximum Gasteiger partial charge on any atom is 0.255 e. The summed E-state index contributed by atoms with van der Waals surface area (Å²) in [7, 11) is 0. The first kappa shape index (κ1) is 18.4. The highest BCUT2D eigenvalue weighted by Gasteiger charge is 2.31. The van der Waals surface area contributed by atoms with Crippen LogP contribution < -0.4 is 16.4 Å². The van der Waals surface area contributed by atoms with Gasteiger partial charge in [0.05, 0.1) is 0 Å². The fraction of sp³-hybridized carbons (Fsp3) is 0.300. The van der Waals surface area contributed by atoms with Gasteiger partial charge in [-0.2, -0.15) is 0 Å². The summed E-state index contributed by atoms with van der Waals surface area (Å²) in [6.07, 6.45) is 2.96. The number of carbonyl (C=O) groups excluding carboxylic acids is 2. The highest BCUT2D eigenvalue weighted by atomic mass is 35.5. The van der Waals surface area contributed by atoms with Gasteiger partial charge in [-0.1, -0.05) is 18.0 Å². The van der Waals surface area contributed by atoms with Crippen molar-refractivity contribution in [3.05, 3.63) is 59.1 Å². The predicted octanol–water partition coefficient (Wildman–Crippen LogP) is 3.91. The van der Waals surface area contributed by atoms with Crippen LogP contribution in [0.25, 0.3) is 0 Å². The predicted molar refractivity (Wildman–Crippen MR) is 104 cm³/mol. The molecule has 0 saturated heterocycles. The molecule has 26 heavy (non-hydrogen) atoms. The second kappa shape index (κ2) is 8.34. The normalized spacial score (nSPS) is 19.2. The monoisotopic (exact) mass is 371 g/mol. The maximum absolute atomic E-state index is 12.4. The van der Waals surface area contributed by atoms with Gasteiger partial charge in [0.2, 0.25) is 5.91 Å². The number of hydrogen-bond acceptors (Lipinski definition) is 3. The second-order valence-corrected chi connectivity index (χ2v) is 7.00. The summed E-state index contributed by atoms with van der Waals surface area (Å²) in [6.45, 7) is 0.549. The highest BCUT2D eigenvalue weighted by molar-refractivity contribution is 6.30. The Balaban J connectivity index is 1.59. The van der Waals surface area contributed by atoms with Crippen molar-refractivity contribution in [2.45, 2.75) is 19.3 Å². The summed E-state index contributed by atoms with van der Waals surface area (Å²) in [4.78, 5) is 24.6. The molecule has 0 radical (unpaired) electrons. The van der Waals surface area contributed by atoms with E-state index < -0.39 is 0 Å². The zero-order valence-corrected chi connectivity index (χ0v) is 15.1. The van der Waals surface area contributed by atoms with Crippen molar-refractivity contribution in [1.82, 2.24) is 0 Å². The van der Waals surface area contributed by atoms with E-state index in [0.717, 1.165) is 19.3 Å². The number of benzene rings is 2. The van der Waals surface area contributed by atoms with Gasteiger partial charge in [0, 0.05) is 27.9 Å². The molecule has 1 aliphatic rings. The molecule has 3 rings (SSSR count). The average Bonchev–Trinajstić information content (AvgIpc) is 3.13. The lowest BCUT2D eigenvalue weighted by Gasteiger charge is -2.17. The minimum atomic E-state index is -0.213. The molecule has 136 valence electrons. The van der Waals surface area contributed by atoms with Gasteiger partial charge in [-0.25, -0.2) is 0 Å². The highest BCUT2D eigenvalue weighted by Crippen LogP contribution is 2.32. The molecule has 0 spiro atoms. The summed E-state index contributed by atoms with van der Waals surface area (Å²) in [5.41, 5.74) is 7.65. The first-order valence-corrected chi connectivity index (χ1v) is 9.12. The third-order valence-electron chi connectivity index (χ3n) is 4.82. The Morgan fingerprint density at radius 1 is 0.962 bits per heavy atom. The van der Waals surface area contributed by atoms with E-state index >= 15 is 0 Å². The van der Waals surface area contributed by atoms with Crippen LogP contribution in [0.2, 0.25) is 5.02 Å². The maximum atomic E-state index is 12.4. The van der Waals surface area contributed by atoms with Crippen molar-refractivity contribution in [2.24, 2.45) is 17.6 Å². The standard InChI is InChI=1S/C20H22ClN3O2/c21-15-6-4-13(5-7-15)19(25)23-16-8-10-17(11-9-16)24-20(26)18-3-1-2-14(18)12-22/h4-11,14,18H,1-3,12,22H2,(H,23,25)(H,24,26)/t14-,18-/m1/s1. The SMILES string of the molecule is NC[C@H]1CCC[C@H]1C(=O)Nc1ccc(NC(=O)c2ccc(Cl)cc2)cc1. The molecule has 6 heteroatoms. The summed E-state index contributed by atoms with van der Waals surface area (Å²) in [5.74, 6) is 0.0725. The topological polar surface area (TPSA) is 84.2 Å². The largest absolute Gasteiger partial charge is 0.330 e.